The molecule has 0 bridgehead atoms. The molecule has 0 saturated heterocycles. The summed E-state index contributed by atoms with van der Waals surface area (Å²) in [6, 6.07) is 1.78. The van der Waals surface area contributed by atoms with Gasteiger partial charge in [0.05, 0.1) is 0 Å². The van der Waals surface area contributed by atoms with Crippen molar-refractivity contribution in [1.29, 1.82) is 0 Å². The highest BCUT2D eigenvalue weighted by molar-refractivity contribution is 6.28. The van der Waals surface area contributed by atoms with Crippen LogP contribution < -0.4 is 4.90 Å². The highest BCUT2D eigenvalue weighted by Crippen LogP contribution is 2.20. The third-order valence-electron chi connectivity index (χ3n) is 2.54. The standard InChI is InChI=1S/C15H24ClN3O2/c1-7-11-8-12(18-13(16)17-11)19(9-10(2)3)14(20)21-15(4,5)6/h8,10H,7,9H2,1-6H3. The van der Waals surface area contributed by atoms with Gasteiger partial charge in [0.1, 0.15) is 11.4 Å². The summed E-state index contributed by atoms with van der Waals surface area (Å²) < 4.78 is 5.45. The summed E-state index contributed by atoms with van der Waals surface area (Å²) in [5.74, 6) is 0.756. The minimum atomic E-state index is -0.559. The van der Waals surface area contributed by atoms with Gasteiger partial charge >= 0.3 is 6.09 Å². The van der Waals surface area contributed by atoms with Crippen LogP contribution in [0.15, 0.2) is 6.07 Å². The van der Waals surface area contributed by atoms with Crippen LogP contribution in [0.1, 0.15) is 47.2 Å². The number of nitrogens with zero attached hydrogens (tertiary/aromatic N) is 3. The van der Waals surface area contributed by atoms with Gasteiger partial charge in [-0.05, 0) is 44.7 Å². The lowest BCUT2D eigenvalue weighted by Crippen LogP contribution is -2.39. The molecule has 5 nitrogen and oxygen atoms in total. The molecule has 1 aromatic heterocycles. The SMILES string of the molecule is CCc1cc(N(CC(C)C)C(=O)OC(C)(C)C)nc(Cl)n1. The molecule has 0 atom stereocenters. The molecule has 0 spiro atoms. The zero-order valence-corrected chi connectivity index (χ0v) is 14.4. The van der Waals surface area contributed by atoms with Crippen LogP contribution in [0.2, 0.25) is 5.28 Å². The van der Waals surface area contributed by atoms with Gasteiger partial charge in [-0.15, -0.1) is 0 Å². The summed E-state index contributed by atoms with van der Waals surface area (Å²) in [6.07, 6.45) is 0.298. The van der Waals surface area contributed by atoms with E-state index in [1.807, 2.05) is 41.5 Å². The third kappa shape index (κ3) is 5.87. The van der Waals surface area contributed by atoms with Gasteiger partial charge in [0, 0.05) is 18.3 Å². The van der Waals surface area contributed by atoms with Crippen LogP contribution in [0.5, 0.6) is 0 Å². The van der Waals surface area contributed by atoms with Gasteiger partial charge in [-0.25, -0.2) is 14.8 Å². The number of aromatic nitrogens is 2. The lowest BCUT2D eigenvalue weighted by molar-refractivity contribution is 0.0575. The van der Waals surface area contributed by atoms with Crippen LogP contribution in [0.3, 0.4) is 0 Å². The number of hydrogen-bond donors (Lipinski definition) is 0. The zero-order chi connectivity index (χ0) is 16.2. The van der Waals surface area contributed by atoms with Crippen LogP contribution in [0.4, 0.5) is 10.6 Å². The van der Waals surface area contributed by atoms with E-state index in [9.17, 15) is 4.79 Å². The highest BCUT2D eigenvalue weighted by atomic mass is 35.5. The normalized spacial score (nSPS) is 11.6. The van der Waals surface area contributed by atoms with Gasteiger partial charge in [-0.2, -0.15) is 0 Å². The molecule has 1 heterocycles. The number of hydrogen-bond acceptors (Lipinski definition) is 4. The Kier molecular flexibility index (Phi) is 5.96. The van der Waals surface area contributed by atoms with Crippen LogP contribution in [-0.4, -0.2) is 28.2 Å². The molecule has 6 heteroatoms. The molecule has 0 N–H and O–H groups in total. The average molecular weight is 314 g/mol. The van der Waals surface area contributed by atoms with Crippen molar-refractivity contribution in [3.8, 4) is 0 Å². The summed E-state index contributed by atoms with van der Waals surface area (Å²) in [7, 11) is 0. The van der Waals surface area contributed by atoms with Crippen molar-refractivity contribution in [1.82, 2.24) is 9.97 Å². The molecule has 0 aliphatic heterocycles. The number of carbonyl (C=O) groups excluding carboxylic acids is 1. The Morgan fingerprint density at radius 1 is 1.38 bits per heavy atom. The molecule has 0 unspecified atom stereocenters. The summed E-state index contributed by atoms with van der Waals surface area (Å²) in [5.41, 5.74) is 0.235. The van der Waals surface area contributed by atoms with E-state index in [0.29, 0.717) is 12.4 Å². The second-order valence-electron chi connectivity index (χ2n) is 6.32. The lowest BCUT2D eigenvalue weighted by Gasteiger charge is -2.28. The first-order valence-electron chi connectivity index (χ1n) is 7.16. The fraction of sp³-hybridized carbons (Fsp3) is 0.667. The van der Waals surface area contributed by atoms with Gasteiger partial charge in [-0.3, -0.25) is 4.90 Å². The Balaban J connectivity index is 3.13. The van der Waals surface area contributed by atoms with Crippen molar-refractivity contribution in [2.75, 3.05) is 11.4 Å². The Morgan fingerprint density at radius 3 is 2.48 bits per heavy atom. The van der Waals surface area contributed by atoms with Crippen molar-refractivity contribution in [2.45, 2.75) is 53.6 Å². The van der Waals surface area contributed by atoms with Crippen LogP contribution in [0.25, 0.3) is 0 Å². The maximum absolute atomic E-state index is 12.4. The van der Waals surface area contributed by atoms with E-state index in [2.05, 4.69) is 9.97 Å². The molecule has 0 saturated carbocycles. The second-order valence-corrected chi connectivity index (χ2v) is 6.66. The number of ether oxygens (including phenoxy) is 1. The molecule has 0 fully saturated rings. The van der Waals surface area contributed by atoms with E-state index in [0.717, 1.165) is 12.1 Å². The molecule has 118 valence electrons. The third-order valence-corrected chi connectivity index (χ3v) is 2.71. The topological polar surface area (TPSA) is 55.3 Å². The monoisotopic (exact) mass is 313 g/mol. The molecule has 1 aromatic rings. The maximum Gasteiger partial charge on any atom is 0.416 e. The zero-order valence-electron chi connectivity index (χ0n) is 13.6. The molecule has 0 aromatic carbocycles. The molecular formula is C15H24ClN3O2. The Bertz CT molecular complexity index is 498. The van der Waals surface area contributed by atoms with E-state index in [1.54, 1.807) is 6.07 Å². The first-order chi connectivity index (χ1) is 9.62. The van der Waals surface area contributed by atoms with E-state index in [4.69, 9.17) is 16.3 Å². The van der Waals surface area contributed by atoms with Gasteiger partial charge in [0.2, 0.25) is 5.28 Å². The second kappa shape index (κ2) is 7.07. The van der Waals surface area contributed by atoms with E-state index < -0.39 is 11.7 Å². The lowest BCUT2D eigenvalue weighted by atomic mass is 10.2. The predicted molar refractivity (Wildman–Crippen MR) is 84.8 cm³/mol. The predicted octanol–water partition coefficient (Wildman–Crippen LogP) is 4.09. The quantitative estimate of drug-likeness (QED) is 0.786. The molecule has 0 radical (unpaired) electrons. The Morgan fingerprint density at radius 2 is 2.00 bits per heavy atom. The number of amides is 1. The van der Waals surface area contributed by atoms with Crippen molar-refractivity contribution >= 4 is 23.5 Å². The number of anilines is 1. The number of carbonyl (C=O) groups is 1. The van der Waals surface area contributed by atoms with Crippen LogP contribution >= 0.6 is 11.6 Å². The first kappa shape index (κ1) is 17.7. The minimum Gasteiger partial charge on any atom is -0.443 e. The van der Waals surface area contributed by atoms with Gasteiger partial charge in [-0.1, -0.05) is 20.8 Å². The van der Waals surface area contributed by atoms with Gasteiger partial charge < -0.3 is 4.74 Å². The Labute approximate surface area is 131 Å². The van der Waals surface area contributed by atoms with Crippen molar-refractivity contribution in [2.24, 2.45) is 5.92 Å². The molecular weight excluding hydrogens is 290 g/mol. The van der Waals surface area contributed by atoms with E-state index >= 15 is 0 Å². The molecule has 1 rings (SSSR count). The van der Waals surface area contributed by atoms with Gasteiger partial charge in [0.15, 0.2) is 0 Å². The smallest absolute Gasteiger partial charge is 0.416 e. The number of rotatable bonds is 4. The van der Waals surface area contributed by atoms with Gasteiger partial charge in [0.25, 0.3) is 0 Å². The fourth-order valence-electron chi connectivity index (χ4n) is 1.71. The highest BCUT2D eigenvalue weighted by Gasteiger charge is 2.25. The molecule has 21 heavy (non-hydrogen) atoms. The van der Waals surface area contributed by atoms with E-state index in [1.165, 1.54) is 4.90 Å². The summed E-state index contributed by atoms with van der Waals surface area (Å²) >= 11 is 5.95. The first-order valence-corrected chi connectivity index (χ1v) is 7.54. The van der Waals surface area contributed by atoms with Crippen molar-refractivity contribution in [3.63, 3.8) is 0 Å². The summed E-state index contributed by atoms with van der Waals surface area (Å²) in [6.45, 7) is 12.0. The van der Waals surface area contributed by atoms with E-state index in [-0.39, 0.29) is 11.2 Å². The minimum absolute atomic E-state index is 0.140. The van der Waals surface area contributed by atoms with Crippen molar-refractivity contribution in [3.05, 3.63) is 17.0 Å². The Hall–Kier alpha value is -1.36. The largest absolute Gasteiger partial charge is 0.443 e. The average Bonchev–Trinajstić information content (AvgIpc) is 2.32. The van der Waals surface area contributed by atoms with Crippen LogP contribution in [-0.2, 0) is 11.2 Å². The number of aryl methyl sites for hydroxylation is 1. The molecule has 0 aliphatic rings. The van der Waals surface area contributed by atoms with Crippen LogP contribution in [0, 0.1) is 5.92 Å². The fourth-order valence-corrected chi connectivity index (χ4v) is 1.91. The summed E-state index contributed by atoms with van der Waals surface area (Å²) in [5, 5.41) is 0.140. The molecule has 1 amide bonds. The number of halogens is 1. The molecule has 0 aliphatic carbocycles. The maximum atomic E-state index is 12.4. The summed E-state index contributed by atoms with van der Waals surface area (Å²) in [4.78, 5) is 22.2. The van der Waals surface area contributed by atoms with Crippen molar-refractivity contribution < 1.29 is 9.53 Å².